The lowest BCUT2D eigenvalue weighted by Gasteiger charge is -2.31. The van der Waals surface area contributed by atoms with E-state index in [0.29, 0.717) is 0 Å². The molecule has 0 atom stereocenters. The van der Waals surface area contributed by atoms with Crippen LogP contribution in [0.15, 0.2) is 0 Å². The molecule has 1 aliphatic rings. The number of unbranched alkanes of at least 4 members (excludes halogenated alkanes) is 1. The highest BCUT2D eigenvalue weighted by molar-refractivity contribution is 14.1. The van der Waals surface area contributed by atoms with Gasteiger partial charge in [0.05, 0.1) is 0 Å². The van der Waals surface area contributed by atoms with E-state index in [9.17, 15) is 0 Å². The van der Waals surface area contributed by atoms with E-state index in [4.69, 9.17) is 0 Å². The highest BCUT2D eigenvalue weighted by atomic mass is 127. The fraction of sp³-hybridized carbons (Fsp3) is 1.00. The standard InChI is InChI=1S/C10H21IN2/c1-2-3-6-13-7-4-10(5-8-13)9-12-11/h10,12H,2-9H2,1H3. The highest BCUT2D eigenvalue weighted by Gasteiger charge is 2.17. The molecule has 1 aliphatic heterocycles. The summed E-state index contributed by atoms with van der Waals surface area (Å²) in [4.78, 5) is 2.62. The van der Waals surface area contributed by atoms with E-state index in [1.807, 2.05) is 0 Å². The van der Waals surface area contributed by atoms with Gasteiger partial charge < -0.3 is 4.90 Å². The average molecular weight is 296 g/mol. The van der Waals surface area contributed by atoms with Crippen molar-refractivity contribution >= 4 is 22.9 Å². The molecule has 0 aliphatic carbocycles. The molecule has 0 unspecified atom stereocenters. The molecule has 0 radical (unpaired) electrons. The smallest absolute Gasteiger partial charge is 0.0169 e. The second kappa shape index (κ2) is 7.01. The van der Waals surface area contributed by atoms with Crippen molar-refractivity contribution in [3.8, 4) is 0 Å². The summed E-state index contributed by atoms with van der Waals surface area (Å²) in [7, 11) is 0. The number of rotatable bonds is 5. The zero-order valence-corrected chi connectivity index (χ0v) is 10.7. The van der Waals surface area contributed by atoms with Crippen LogP contribution in [0.4, 0.5) is 0 Å². The Morgan fingerprint density at radius 1 is 1.38 bits per heavy atom. The Hall–Kier alpha value is 0.650. The maximum absolute atomic E-state index is 3.25. The van der Waals surface area contributed by atoms with Crippen molar-refractivity contribution < 1.29 is 0 Å². The topological polar surface area (TPSA) is 15.3 Å². The van der Waals surface area contributed by atoms with E-state index in [2.05, 4.69) is 38.2 Å². The maximum Gasteiger partial charge on any atom is 0.0169 e. The van der Waals surface area contributed by atoms with Gasteiger partial charge in [0, 0.05) is 29.4 Å². The molecule has 2 nitrogen and oxygen atoms in total. The molecule has 1 rings (SSSR count). The minimum absolute atomic E-state index is 0.926. The van der Waals surface area contributed by atoms with Crippen molar-refractivity contribution in [1.82, 2.24) is 8.43 Å². The third kappa shape index (κ3) is 4.61. The minimum Gasteiger partial charge on any atom is -0.303 e. The van der Waals surface area contributed by atoms with Gasteiger partial charge in [-0.25, -0.2) is 0 Å². The first kappa shape index (κ1) is 11.7. The molecule has 0 saturated carbocycles. The Bertz CT molecular complexity index is 122. The van der Waals surface area contributed by atoms with Crippen LogP contribution < -0.4 is 3.53 Å². The third-order valence-corrected chi connectivity index (χ3v) is 3.34. The lowest BCUT2D eigenvalue weighted by molar-refractivity contribution is 0.184. The fourth-order valence-electron chi connectivity index (χ4n) is 1.90. The van der Waals surface area contributed by atoms with Gasteiger partial charge in [-0.15, -0.1) is 0 Å². The van der Waals surface area contributed by atoms with Gasteiger partial charge in [-0.2, -0.15) is 0 Å². The summed E-state index contributed by atoms with van der Waals surface area (Å²) < 4.78 is 3.25. The number of halogens is 1. The molecule has 0 aromatic heterocycles. The van der Waals surface area contributed by atoms with E-state index in [-0.39, 0.29) is 0 Å². The zero-order chi connectivity index (χ0) is 9.52. The van der Waals surface area contributed by atoms with Crippen LogP contribution in [-0.4, -0.2) is 31.1 Å². The molecule has 1 heterocycles. The number of nitrogens with one attached hydrogen (secondary N) is 1. The zero-order valence-electron chi connectivity index (χ0n) is 8.56. The first-order chi connectivity index (χ1) is 6.36. The molecule has 1 N–H and O–H groups in total. The predicted molar refractivity (Wildman–Crippen MR) is 66.1 cm³/mol. The minimum atomic E-state index is 0.926. The average Bonchev–Trinajstić information content (AvgIpc) is 2.17. The monoisotopic (exact) mass is 296 g/mol. The number of piperidine rings is 1. The summed E-state index contributed by atoms with van der Waals surface area (Å²) in [6.45, 7) is 7.43. The van der Waals surface area contributed by atoms with Gasteiger partial charge >= 0.3 is 0 Å². The van der Waals surface area contributed by atoms with Crippen molar-refractivity contribution in [2.45, 2.75) is 32.6 Å². The van der Waals surface area contributed by atoms with Crippen molar-refractivity contribution in [1.29, 1.82) is 0 Å². The van der Waals surface area contributed by atoms with E-state index >= 15 is 0 Å². The van der Waals surface area contributed by atoms with Gasteiger partial charge in [0.1, 0.15) is 0 Å². The fourth-order valence-corrected chi connectivity index (χ4v) is 2.53. The lowest BCUT2D eigenvalue weighted by Crippen LogP contribution is -2.36. The van der Waals surface area contributed by atoms with E-state index < -0.39 is 0 Å². The summed E-state index contributed by atoms with van der Waals surface area (Å²) >= 11 is 2.25. The second-order valence-electron chi connectivity index (χ2n) is 3.98. The molecule has 0 bridgehead atoms. The molecule has 3 heteroatoms. The van der Waals surface area contributed by atoms with E-state index in [0.717, 1.165) is 5.92 Å². The molecular weight excluding hydrogens is 275 g/mol. The lowest BCUT2D eigenvalue weighted by atomic mass is 9.97. The van der Waals surface area contributed by atoms with Crippen LogP contribution >= 0.6 is 22.9 Å². The summed E-state index contributed by atoms with van der Waals surface area (Å²) in [6, 6.07) is 0. The van der Waals surface area contributed by atoms with Crippen molar-refractivity contribution in [3.63, 3.8) is 0 Å². The van der Waals surface area contributed by atoms with Crippen LogP contribution in [0.1, 0.15) is 32.6 Å². The SMILES string of the molecule is CCCCN1CCC(CNI)CC1. The molecule has 0 aromatic rings. The van der Waals surface area contributed by atoms with Crippen molar-refractivity contribution in [3.05, 3.63) is 0 Å². The van der Waals surface area contributed by atoms with Gasteiger partial charge in [0.15, 0.2) is 0 Å². The highest BCUT2D eigenvalue weighted by Crippen LogP contribution is 2.16. The Morgan fingerprint density at radius 2 is 2.08 bits per heavy atom. The van der Waals surface area contributed by atoms with Crippen LogP contribution in [0.25, 0.3) is 0 Å². The van der Waals surface area contributed by atoms with Gasteiger partial charge in [-0.1, -0.05) is 13.3 Å². The normalized spacial score (nSPS) is 20.8. The maximum atomic E-state index is 3.25. The van der Waals surface area contributed by atoms with Gasteiger partial charge in [-0.05, 0) is 44.8 Å². The number of hydrogen-bond acceptors (Lipinski definition) is 2. The second-order valence-corrected chi connectivity index (χ2v) is 4.74. The van der Waals surface area contributed by atoms with Crippen LogP contribution in [0.5, 0.6) is 0 Å². The van der Waals surface area contributed by atoms with Crippen LogP contribution in [-0.2, 0) is 0 Å². The first-order valence-electron chi connectivity index (χ1n) is 5.42. The molecule has 0 aromatic carbocycles. The van der Waals surface area contributed by atoms with Crippen molar-refractivity contribution in [2.75, 3.05) is 26.2 Å². The predicted octanol–water partition coefficient (Wildman–Crippen LogP) is 2.44. The van der Waals surface area contributed by atoms with Gasteiger partial charge in [-0.3, -0.25) is 3.53 Å². The number of nitrogens with zero attached hydrogens (tertiary/aromatic N) is 1. The quantitative estimate of drug-likeness (QED) is 0.619. The van der Waals surface area contributed by atoms with Crippen LogP contribution in [0.2, 0.25) is 0 Å². The van der Waals surface area contributed by atoms with Crippen molar-refractivity contribution in [2.24, 2.45) is 5.92 Å². The molecular formula is C10H21IN2. The Labute approximate surface area is 95.9 Å². The number of likely N-dealkylation sites (tertiary alicyclic amines) is 1. The third-order valence-electron chi connectivity index (χ3n) is 2.90. The molecule has 78 valence electrons. The van der Waals surface area contributed by atoms with Crippen LogP contribution in [0, 0.1) is 5.92 Å². The molecule has 1 saturated heterocycles. The Balaban J connectivity index is 2.08. The van der Waals surface area contributed by atoms with Gasteiger partial charge in [0.2, 0.25) is 0 Å². The summed E-state index contributed by atoms with van der Waals surface area (Å²) in [5.74, 6) is 0.926. The first-order valence-corrected chi connectivity index (χ1v) is 6.50. The number of hydrogen-bond donors (Lipinski definition) is 1. The summed E-state index contributed by atoms with van der Waals surface area (Å²) in [5.41, 5.74) is 0. The Morgan fingerprint density at radius 3 is 2.62 bits per heavy atom. The molecule has 1 fully saturated rings. The largest absolute Gasteiger partial charge is 0.303 e. The van der Waals surface area contributed by atoms with Crippen LogP contribution in [0.3, 0.4) is 0 Å². The Kier molecular flexibility index (Phi) is 6.32. The van der Waals surface area contributed by atoms with E-state index in [1.54, 1.807) is 0 Å². The molecule has 13 heavy (non-hydrogen) atoms. The molecule has 0 amide bonds. The summed E-state index contributed by atoms with van der Waals surface area (Å²) in [5, 5.41) is 0. The summed E-state index contributed by atoms with van der Waals surface area (Å²) in [6.07, 6.45) is 5.48. The molecule has 0 spiro atoms. The van der Waals surface area contributed by atoms with Gasteiger partial charge in [0.25, 0.3) is 0 Å². The van der Waals surface area contributed by atoms with E-state index in [1.165, 1.54) is 51.9 Å².